The second kappa shape index (κ2) is 6.11. The first kappa shape index (κ1) is 11.6. The van der Waals surface area contributed by atoms with Gasteiger partial charge in [0.2, 0.25) is 0 Å². The van der Waals surface area contributed by atoms with E-state index < -0.39 is 0 Å². The lowest BCUT2D eigenvalue weighted by Gasteiger charge is -2.05. The molecule has 1 heterocycles. The van der Waals surface area contributed by atoms with Crippen molar-refractivity contribution < 1.29 is 0 Å². The van der Waals surface area contributed by atoms with E-state index in [2.05, 4.69) is 41.6 Å². The fraction of sp³-hybridized carbons (Fsp3) is 0.700. The molecule has 0 fully saturated rings. The molecule has 0 saturated heterocycles. The van der Waals surface area contributed by atoms with E-state index in [4.69, 9.17) is 0 Å². The van der Waals surface area contributed by atoms with E-state index in [0.717, 1.165) is 19.6 Å². The third kappa shape index (κ3) is 4.17. The minimum atomic E-state index is 0.901. The molecule has 80 valence electrons. The van der Waals surface area contributed by atoms with Gasteiger partial charge in [-0.25, -0.2) is 4.98 Å². The number of nitrogens with one attached hydrogen (secondary N) is 1. The standard InChI is InChI=1S/C10H19N3S/c1-4-5-11-6-9-8-14-10(12-9)7-13(2)3/h8,11H,4-7H2,1-3H3. The number of aromatic nitrogens is 1. The van der Waals surface area contributed by atoms with Crippen LogP contribution in [0.25, 0.3) is 0 Å². The highest BCUT2D eigenvalue weighted by atomic mass is 32.1. The zero-order valence-corrected chi connectivity index (χ0v) is 10.0. The van der Waals surface area contributed by atoms with E-state index in [1.54, 1.807) is 11.3 Å². The molecule has 0 bridgehead atoms. The minimum Gasteiger partial charge on any atom is -0.311 e. The smallest absolute Gasteiger partial charge is 0.107 e. The zero-order valence-electron chi connectivity index (χ0n) is 9.21. The quantitative estimate of drug-likeness (QED) is 0.729. The Hall–Kier alpha value is -0.450. The summed E-state index contributed by atoms with van der Waals surface area (Å²) in [6.07, 6.45) is 1.18. The molecule has 4 heteroatoms. The number of thiazole rings is 1. The van der Waals surface area contributed by atoms with Gasteiger partial charge in [0.15, 0.2) is 0 Å². The number of hydrogen-bond donors (Lipinski definition) is 1. The van der Waals surface area contributed by atoms with Crippen LogP contribution >= 0.6 is 11.3 Å². The molecule has 14 heavy (non-hydrogen) atoms. The van der Waals surface area contributed by atoms with Crippen LogP contribution in [0.5, 0.6) is 0 Å². The summed E-state index contributed by atoms with van der Waals surface area (Å²) in [7, 11) is 4.13. The van der Waals surface area contributed by atoms with Crippen LogP contribution in [0.15, 0.2) is 5.38 Å². The molecule has 1 aromatic rings. The Kier molecular flexibility index (Phi) is 5.07. The number of hydrogen-bond acceptors (Lipinski definition) is 4. The van der Waals surface area contributed by atoms with Crippen LogP contribution in [-0.2, 0) is 13.1 Å². The van der Waals surface area contributed by atoms with Gasteiger partial charge in [0.1, 0.15) is 5.01 Å². The van der Waals surface area contributed by atoms with Crippen LogP contribution in [0.3, 0.4) is 0 Å². The molecule has 0 aliphatic carbocycles. The van der Waals surface area contributed by atoms with Crippen molar-refractivity contribution in [2.75, 3.05) is 20.6 Å². The van der Waals surface area contributed by atoms with E-state index in [-0.39, 0.29) is 0 Å². The predicted molar refractivity (Wildman–Crippen MR) is 61.5 cm³/mol. The van der Waals surface area contributed by atoms with Gasteiger partial charge in [-0.05, 0) is 27.1 Å². The molecule has 0 spiro atoms. The maximum atomic E-state index is 4.54. The first-order valence-electron chi connectivity index (χ1n) is 5.01. The van der Waals surface area contributed by atoms with Gasteiger partial charge >= 0.3 is 0 Å². The Morgan fingerprint density at radius 2 is 2.29 bits per heavy atom. The summed E-state index contributed by atoms with van der Waals surface area (Å²) >= 11 is 1.74. The average Bonchev–Trinajstić information content (AvgIpc) is 2.52. The maximum Gasteiger partial charge on any atom is 0.107 e. The van der Waals surface area contributed by atoms with Crippen LogP contribution in [0.2, 0.25) is 0 Å². The van der Waals surface area contributed by atoms with E-state index in [1.165, 1.54) is 17.1 Å². The predicted octanol–water partition coefficient (Wildman–Crippen LogP) is 1.70. The summed E-state index contributed by atoms with van der Waals surface area (Å²) in [4.78, 5) is 6.68. The van der Waals surface area contributed by atoms with Crippen LogP contribution in [0.4, 0.5) is 0 Å². The number of nitrogens with zero attached hydrogens (tertiary/aromatic N) is 2. The minimum absolute atomic E-state index is 0.901. The van der Waals surface area contributed by atoms with Crippen molar-refractivity contribution in [1.82, 2.24) is 15.2 Å². The summed E-state index contributed by atoms with van der Waals surface area (Å²) in [5.41, 5.74) is 1.17. The topological polar surface area (TPSA) is 28.2 Å². The number of rotatable bonds is 6. The molecule has 0 saturated carbocycles. The molecule has 0 aliphatic rings. The van der Waals surface area contributed by atoms with Crippen LogP contribution in [0, 0.1) is 0 Å². The third-order valence-electron chi connectivity index (χ3n) is 1.78. The molecule has 0 amide bonds. The van der Waals surface area contributed by atoms with Crippen molar-refractivity contribution in [3.05, 3.63) is 16.1 Å². The van der Waals surface area contributed by atoms with Gasteiger partial charge in [0.05, 0.1) is 5.69 Å². The van der Waals surface area contributed by atoms with E-state index >= 15 is 0 Å². The average molecular weight is 213 g/mol. The van der Waals surface area contributed by atoms with Gasteiger partial charge in [-0.1, -0.05) is 6.92 Å². The highest BCUT2D eigenvalue weighted by Crippen LogP contribution is 2.10. The summed E-state index contributed by atoms with van der Waals surface area (Å²) < 4.78 is 0. The second-order valence-electron chi connectivity index (χ2n) is 3.65. The van der Waals surface area contributed by atoms with Crippen molar-refractivity contribution in [2.45, 2.75) is 26.4 Å². The van der Waals surface area contributed by atoms with Gasteiger partial charge in [-0.15, -0.1) is 11.3 Å². The fourth-order valence-corrected chi connectivity index (χ4v) is 2.08. The normalized spacial score (nSPS) is 11.1. The van der Waals surface area contributed by atoms with E-state index in [0.29, 0.717) is 0 Å². The van der Waals surface area contributed by atoms with Crippen molar-refractivity contribution in [1.29, 1.82) is 0 Å². The third-order valence-corrected chi connectivity index (χ3v) is 2.67. The summed E-state index contributed by atoms with van der Waals surface area (Å²) in [5.74, 6) is 0. The lowest BCUT2D eigenvalue weighted by atomic mass is 10.4. The first-order valence-corrected chi connectivity index (χ1v) is 5.89. The van der Waals surface area contributed by atoms with Crippen LogP contribution < -0.4 is 5.32 Å². The first-order chi connectivity index (χ1) is 6.72. The maximum absolute atomic E-state index is 4.54. The Balaban J connectivity index is 2.35. The molecule has 0 aliphatic heterocycles. The van der Waals surface area contributed by atoms with Gasteiger partial charge in [-0.3, -0.25) is 0 Å². The lowest BCUT2D eigenvalue weighted by molar-refractivity contribution is 0.401. The monoisotopic (exact) mass is 213 g/mol. The Labute approximate surface area is 90.2 Å². The Bertz CT molecular complexity index is 258. The van der Waals surface area contributed by atoms with E-state index in [9.17, 15) is 0 Å². The molecular weight excluding hydrogens is 194 g/mol. The zero-order chi connectivity index (χ0) is 10.4. The summed E-state index contributed by atoms with van der Waals surface area (Å²) in [6, 6.07) is 0. The van der Waals surface area contributed by atoms with Crippen molar-refractivity contribution in [3.8, 4) is 0 Å². The molecule has 3 nitrogen and oxygen atoms in total. The molecule has 0 atom stereocenters. The molecule has 0 radical (unpaired) electrons. The van der Waals surface area contributed by atoms with Gasteiger partial charge in [0, 0.05) is 18.5 Å². The van der Waals surface area contributed by atoms with Gasteiger partial charge in [0.25, 0.3) is 0 Å². The summed E-state index contributed by atoms with van der Waals surface area (Å²) in [6.45, 7) is 5.09. The van der Waals surface area contributed by atoms with Gasteiger partial charge in [-0.2, -0.15) is 0 Å². The highest BCUT2D eigenvalue weighted by Gasteiger charge is 2.02. The van der Waals surface area contributed by atoms with Crippen molar-refractivity contribution >= 4 is 11.3 Å². The van der Waals surface area contributed by atoms with Crippen molar-refractivity contribution in [3.63, 3.8) is 0 Å². The molecule has 0 unspecified atom stereocenters. The molecule has 1 rings (SSSR count). The molecule has 1 aromatic heterocycles. The van der Waals surface area contributed by atoms with Crippen LogP contribution in [0.1, 0.15) is 24.0 Å². The Morgan fingerprint density at radius 1 is 1.50 bits per heavy atom. The molecule has 1 N–H and O–H groups in total. The highest BCUT2D eigenvalue weighted by molar-refractivity contribution is 7.09. The second-order valence-corrected chi connectivity index (χ2v) is 4.59. The Morgan fingerprint density at radius 3 is 2.93 bits per heavy atom. The lowest BCUT2D eigenvalue weighted by Crippen LogP contribution is -2.14. The summed E-state index contributed by atoms with van der Waals surface area (Å²) in [5, 5.41) is 6.69. The van der Waals surface area contributed by atoms with Gasteiger partial charge < -0.3 is 10.2 Å². The SMILES string of the molecule is CCCNCc1csc(CN(C)C)n1. The van der Waals surface area contributed by atoms with E-state index in [1.807, 2.05) is 0 Å². The molecule has 0 aromatic carbocycles. The molecular formula is C10H19N3S. The fourth-order valence-electron chi connectivity index (χ4n) is 1.17. The van der Waals surface area contributed by atoms with Crippen molar-refractivity contribution in [2.24, 2.45) is 0 Å². The van der Waals surface area contributed by atoms with Crippen LogP contribution in [-0.4, -0.2) is 30.5 Å². The largest absolute Gasteiger partial charge is 0.311 e.